The Morgan fingerprint density at radius 3 is 2.48 bits per heavy atom. The summed E-state index contributed by atoms with van der Waals surface area (Å²) in [5, 5.41) is 7.77. The molecule has 0 fully saturated rings. The minimum absolute atomic E-state index is 0.0712. The molecule has 0 spiro atoms. The lowest BCUT2D eigenvalue weighted by Crippen LogP contribution is -2.25. The first-order valence-corrected chi connectivity index (χ1v) is 10.8. The molecule has 2 amide bonds. The molecule has 6 nitrogen and oxygen atoms in total. The molecule has 11 heteroatoms. The Morgan fingerprint density at radius 1 is 1.19 bits per heavy atom. The van der Waals surface area contributed by atoms with E-state index < -0.39 is 40.2 Å². The third-order valence-corrected chi connectivity index (χ3v) is 5.73. The fourth-order valence-electron chi connectivity index (χ4n) is 2.80. The number of allylic oxidation sites excluding steroid dienone is 1. The van der Waals surface area contributed by atoms with Gasteiger partial charge in [0.2, 0.25) is 0 Å². The maximum atomic E-state index is 13.4. The van der Waals surface area contributed by atoms with Crippen molar-refractivity contribution in [3.05, 3.63) is 73.6 Å². The first-order chi connectivity index (χ1) is 14.7. The van der Waals surface area contributed by atoms with Gasteiger partial charge in [0, 0.05) is 11.1 Å². The molecule has 162 valence electrons. The molecular formula is C20H16F3N3O3S2. The highest BCUT2D eigenvalue weighted by molar-refractivity contribution is 8.02. The molecule has 31 heavy (non-hydrogen) atoms. The number of pyridine rings is 1. The van der Waals surface area contributed by atoms with Gasteiger partial charge < -0.3 is 16.0 Å². The third kappa shape index (κ3) is 5.36. The van der Waals surface area contributed by atoms with Gasteiger partial charge >= 0.3 is 6.18 Å². The van der Waals surface area contributed by atoms with Gasteiger partial charge in [-0.2, -0.15) is 24.5 Å². The van der Waals surface area contributed by atoms with E-state index in [0.717, 1.165) is 12.1 Å². The Labute approximate surface area is 182 Å². The second-order valence-electron chi connectivity index (χ2n) is 6.32. The number of carbonyl (C=O) groups is 2. The molecule has 0 unspecified atom stereocenters. The van der Waals surface area contributed by atoms with Crippen LogP contribution in [0.2, 0.25) is 0 Å². The summed E-state index contributed by atoms with van der Waals surface area (Å²) < 4.78 is 40.1. The average Bonchev–Trinajstić information content (AvgIpc) is 3.42. The quantitative estimate of drug-likeness (QED) is 0.524. The van der Waals surface area contributed by atoms with E-state index in [0.29, 0.717) is 11.8 Å². The second kappa shape index (κ2) is 9.40. The summed E-state index contributed by atoms with van der Waals surface area (Å²) in [6.45, 7) is 0. The Balaban J connectivity index is 0.000000478. The number of halogens is 3. The SMILES string of the molecule is C1=CSCC1.NC(=O)c1cc2ccc(C(F)(F)F)c(C(=O)Nc3ccsc3)c2[nH]c1=O. The number of fused-ring (bicyclic) bond motifs is 1. The number of nitrogens with two attached hydrogens (primary N) is 1. The van der Waals surface area contributed by atoms with E-state index >= 15 is 0 Å². The van der Waals surface area contributed by atoms with Crippen LogP contribution in [0.15, 0.2) is 51.3 Å². The molecule has 1 aliphatic heterocycles. The fraction of sp³-hybridized carbons (Fsp3) is 0.150. The number of carbonyl (C=O) groups excluding carboxylic acids is 2. The van der Waals surface area contributed by atoms with Crippen LogP contribution in [0.5, 0.6) is 0 Å². The number of alkyl halides is 3. The van der Waals surface area contributed by atoms with Crippen LogP contribution in [0.4, 0.5) is 18.9 Å². The van der Waals surface area contributed by atoms with Crippen LogP contribution < -0.4 is 16.6 Å². The molecule has 1 aliphatic rings. The van der Waals surface area contributed by atoms with Crippen molar-refractivity contribution >= 4 is 51.5 Å². The first-order valence-electron chi connectivity index (χ1n) is 8.85. The summed E-state index contributed by atoms with van der Waals surface area (Å²) in [6.07, 6.45) is -1.34. The van der Waals surface area contributed by atoms with Gasteiger partial charge in [0.05, 0.1) is 22.3 Å². The lowest BCUT2D eigenvalue weighted by molar-refractivity contribution is -0.137. The monoisotopic (exact) mass is 467 g/mol. The Hall–Kier alpha value is -3.05. The maximum absolute atomic E-state index is 13.4. The number of thioether (sulfide) groups is 1. The fourth-order valence-corrected chi connectivity index (χ4v) is 4.07. The minimum Gasteiger partial charge on any atom is -0.365 e. The molecule has 4 rings (SSSR count). The normalized spacial score (nSPS) is 13.0. The Morgan fingerprint density at radius 2 is 1.97 bits per heavy atom. The topological polar surface area (TPSA) is 105 Å². The largest absolute Gasteiger partial charge is 0.417 e. The third-order valence-electron chi connectivity index (χ3n) is 4.19. The first kappa shape index (κ1) is 22.6. The molecule has 3 aromatic rings. The highest BCUT2D eigenvalue weighted by atomic mass is 32.2. The zero-order valence-electron chi connectivity index (χ0n) is 15.8. The predicted octanol–water partition coefficient (Wildman–Crippen LogP) is 4.60. The number of hydrogen-bond donors (Lipinski definition) is 3. The van der Waals surface area contributed by atoms with Gasteiger partial charge in [-0.1, -0.05) is 12.1 Å². The zero-order valence-corrected chi connectivity index (χ0v) is 17.4. The van der Waals surface area contributed by atoms with Crippen LogP contribution in [0, 0.1) is 0 Å². The molecule has 3 heterocycles. The number of H-pyrrole nitrogens is 1. The summed E-state index contributed by atoms with van der Waals surface area (Å²) in [5.41, 5.74) is 1.72. The number of primary amides is 1. The van der Waals surface area contributed by atoms with E-state index in [1.165, 1.54) is 29.6 Å². The number of aromatic amines is 1. The number of nitrogens with one attached hydrogen (secondary N) is 2. The summed E-state index contributed by atoms with van der Waals surface area (Å²) in [5.74, 6) is -0.763. The summed E-state index contributed by atoms with van der Waals surface area (Å²) in [4.78, 5) is 37.9. The maximum Gasteiger partial charge on any atom is 0.417 e. The molecule has 2 aromatic heterocycles. The van der Waals surface area contributed by atoms with Crippen molar-refractivity contribution in [2.24, 2.45) is 5.73 Å². The highest BCUT2D eigenvalue weighted by Crippen LogP contribution is 2.35. The lowest BCUT2D eigenvalue weighted by Gasteiger charge is -2.15. The summed E-state index contributed by atoms with van der Waals surface area (Å²) in [6, 6.07) is 4.35. The smallest absolute Gasteiger partial charge is 0.365 e. The number of hydrogen-bond acceptors (Lipinski definition) is 5. The number of benzene rings is 1. The second-order valence-corrected chi connectivity index (χ2v) is 8.12. The standard InChI is InChI=1S/C16H10F3N3O3S.C4H6S/c17-16(18,19)10-2-1-7-5-9(13(20)23)14(24)22-12(7)11(10)15(25)21-8-3-4-26-6-8;1-2-4-5-3-1/h1-6H,(H2,20,23)(H,21,25)(H,22,24);1,3H,2,4H2. The van der Waals surface area contributed by atoms with Gasteiger partial charge in [-0.25, -0.2) is 0 Å². The van der Waals surface area contributed by atoms with Gasteiger partial charge in [0.25, 0.3) is 17.4 Å². The number of aromatic nitrogens is 1. The average molecular weight is 467 g/mol. The summed E-state index contributed by atoms with van der Waals surface area (Å²) >= 11 is 3.15. The van der Waals surface area contributed by atoms with Crippen LogP contribution in [0.25, 0.3) is 10.9 Å². The Bertz CT molecular complexity index is 1200. The van der Waals surface area contributed by atoms with E-state index in [4.69, 9.17) is 5.73 Å². The molecule has 0 saturated heterocycles. The van der Waals surface area contributed by atoms with E-state index in [9.17, 15) is 27.6 Å². The van der Waals surface area contributed by atoms with E-state index in [1.807, 2.05) is 11.8 Å². The van der Waals surface area contributed by atoms with Crippen molar-refractivity contribution in [3.8, 4) is 0 Å². The van der Waals surface area contributed by atoms with Gasteiger partial charge in [0.1, 0.15) is 5.56 Å². The van der Waals surface area contributed by atoms with Crippen LogP contribution in [0.1, 0.15) is 32.7 Å². The summed E-state index contributed by atoms with van der Waals surface area (Å²) in [7, 11) is 0. The van der Waals surface area contributed by atoms with Gasteiger partial charge in [-0.05, 0) is 40.8 Å². The predicted molar refractivity (Wildman–Crippen MR) is 117 cm³/mol. The molecule has 0 bridgehead atoms. The van der Waals surface area contributed by atoms with Crippen molar-refractivity contribution in [3.63, 3.8) is 0 Å². The molecule has 0 saturated carbocycles. The minimum atomic E-state index is -4.82. The van der Waals surface area contributed by atoms with Crippen molar-refractivity contribution < 1.29 is 22.8 Å². The van der Waals surface area contributed by atoms with Crippen LogP contribution in [-0.4, -0.2) is 22.6 Å². The molecule has 4 N–H and O–H groups in total. The van der Waals surface area contributed by atoms with Crippen molar-refractivity contribution in [2.75, 3.05) is 11.1 Å². The van der Waals surface area contributed by atoms with E-state index in [-0.39, 0.29) is 10.9 Å². The van der Waals surface area contributed by atoms with Crippen molar-refractivity contribution in [2.45, 2.75) is 12.6 Å². The van der Waals surface area contributed by atoms with Gasteiger partial charge in [-0.15, -0.1) is 11.8 Å². The van der Waals surface area contributed by atoms with Gasteiger partial charge in [-0.3, -0.25) is 14.4 Å². The molecule has 0 radical (unpaired) electrons. The van der Waals surface area contributed by atoms with Crippen molar-refractivity contribution in [1.82, 2.24) is 4.98 Å². The number of anilines is 1. The Kier molecular flexibility index (Phi) is 6.86. The highest BCUT2D eigenvalue weighted by Gasteiger charge is 2.36. The van der Waals surface area contributed by atoms with E-state index in [1.54, 1.807) is 10.8 Å². The van der Waals surface area contributed by atoms with Gasteiger partial charge in [0.15, 0.2) is 0 Å². The molecule has 1 aromatic carbocycles. The molecule has 0 atom stereocenters. The lowest BCUT2D eigenvalue weighted by atomic mass is 10.0. The molecular weight excluding hydrogens is 451 g/mol. The number of thiophene rings is 1. The van der Waals surface area contributed by atoms with E-state index in [2.05, 4.69) is 21.8 Å². The van der Waals surface area contributed by atoms with Crippen LogP contribution >= 0.6 is 23.1 Å². The molecule has 0 aliphatic carbocycles. The zero-order chi connectivity index (χ0) is 22.6. The number of rotatable bonds is 3. The number of amides is 2. The van der Waals surface area contributed by atoms with Crippen molar-refractivity contribution in [1.29, 1.82) is 0 Å². The van der Waals surface area contributed by atoms with Crippen LogP contribution in [-0.2, 0) is 6.18 Å². The van der Waals surface area contributed by atoms with Crippen LogP contribution in [0.3, 0.4) is 0 Å².